The fraction of sp³-hybridized carbons (Fsp3) is 0.235. The quantitative estimate of drug-likeness (QED) is 0.830. The summed E-state index contributed by atoms with van der Waals surface area (Å²) in [7, 11) is 4.07. The van der Waals surface area contributed by atoms with E-state index in [0.717, 1.165) is 5.56 Å². The lowest BCUT2D eigenvalue weighted by atomic mass is 10.0. The monoisotopic (exact) mass is 253 g/mol. The van der Waals surface area contributed by atoms with Gasteiger partial charge in [-0.2, -0.15) is 0 Å². The van der Waals surface area contributed by atoms with Crippen LogP contribution in [0.4, 0.5) is 5.69 Å². The van der Waals surface area contributed by atoms with Gasteiger partial charge in [0.05, 0.1) is 0 Å². The molecule has 0 atom stereocenters. The van der Waals surface area contributed by atoms with Crippen LogP contribution in [0.25, 0.3) is 11.1 Å². The van der Waals surface area contributed by atoms with E-state index in [1.165, 1.54) is 16.8 Å². The molecule has 0 heterocycles. The van der Waals surface area contributed by atoms with Crippen molar-refractivity contribution in [3.8, 4) is 11.1 Å². The third-order valence-corrected chi connectivity index (χ3v) is 3.12. The largest absolute Gasteiger partial charge is 0.378 e. The maximum Gasteiger partial charge on any atom is 0.134 e. The zero-order valence-corrected chi connectivity index (χ0v) is 11.7. The van der Waals surface area contributed by atoms with Crippen molar-refractivity contribution in [2.75, 3.05) is 19.0 Å². The van der Waals surface area contributed by atoms with Gasteiger partial charge in [-0.05, 0) is 35.7 Å². The lowest BCUT2D eigenvalue weighted by Crippen LogP contribution is -2.07. The van der Waals surface area contributed by atoms with Gasteiger partial charge in [0.25, 0.3) is 0 Å². The second-order valence-electron chi connectivity index (χ2n) is 5.02. The summed E-state index contributed by atoms with van der Waals surface area (Å²) in [6.07, 6.45) is 0.514. The minimum absolute atomic E-state index is 0.197. The zero-order chi connectivity index (χ0) is 13.8. The number of hydrogen-bond acceptors (Lipinski definition) is 2. The van der Waals surface area contributed by atoms with E-state index in [1.54, 1.807) is 6.92 Å². The van der Waals surface area contributed by atoms with Crippen molar-refractivity contribution >= 4 is 11.5 Å². The van der Waals surface area contributed by atoms with Crippen LogP contribution in [0.15, 0.2) is 48.5 Å². The number of rotatable bonds is 4. The van der Waals surface area contributed by atoms with Crippen molar-refractivity contribution in [3.63, 3.8) is 0 Å². The fourth-order valence-corrected chi connectivity index (χ4v) is 2.05. The highest BCUT2D eigenvalue weighted by atomic mass is 16.1. The van der Waals surface area contributed by atoms with E-state index in [-0.39, 0.29) is 5.78 Å². The third-order valence-electron chi connectivity index (χ3n) is 3.12. The zero-order valence-electron chi connectivity index (χ0n) is 11.7. The number of carbonyl (C=O) groups excluding carboxylic acids is 1. The van der Waals surface area contributed by atoms with E-state index >= 15 is 0 Å². The standard InChI is InChI=1S/C17H19NO/c1-13(19)12-14-4-6-15(7-5-14)16-8-10-17(11-9-16)18(2)3/h4-11H,12H2,1-3H3. The van der Waals surface area contributed by atoms with E-state index in [4.69, 9.17) is 0 Å². The summed E-state index contributed by atoms with van der Waals surface area (Å²) in [6.45, 7) is 1.62. The van der Waals surface area contributed by atoms with Gasteiger partial charge in [0.1, 0.15) is 5.78 Å². The number of benzene rings is 2. The van der Waals surface area contributed by atoms with Gasteiger partial charge in [-0.1, -0.05) is 36.4 Å². The summed E-state index contributed by atoms with van der Waals surface area (Å²) < 4.78 is 0. The van der Waals surface area contributed by atoms with Gasteiger partial charge >= 0.3 is 0 Å². The number of anilines is 1. The molecule has 0 bridgehead atoms. The average Bonchev–Trinajstić information content (AvgIpc) is 2.39. The van der Waals surface area contributed by atoms with E-state index < -0.39 is 0 Å². The molecule has 0 N–H and O–H groups in total. The lowest BCUT2D eigenvalue weighted by Gasteiger charge is -2.12. The van der Waals surface area contributed by atoms with Crippen LogP contribution < -0.4 is 4.90 Å². The normalized spacial score (nSPS) is 10.3. The molecule has 0 aromatic heterocycles. The molecule has 2 rings (SSSR count). The number of ketones is 1. The van der Waals surface area contributed by atoms with Crippen LogP contribution >= 0.6 is 0 Å². The maximum atomic E-state index is 11.1. The SMILES string of the molecule is CC(=O)Cc1ccc(-c2ccc(N(C)C)cc2)cc1. The average molecular weight is 253 g/mol. The molecule has 0 radical (unpaired) electrons. The minimum Gasteiger partial charge on any atom is -0.378 e. The van der Waals surface area contributed by atoms with Crippen LogP contribution in [0.1, 0.15) is 12.5 Å². The summed E-state index contributed by atoms with van der Waals surface area (Å²) in [5.41, 5.74) is 4.63. The Morgan fingerprint density at radius 3 is 1.79 bits per heavy atom. The number of Topliss-reactive ketones (excluding diaryl/α,β-unsaturated/α-hetero) is 1. The van der Waals surface area contributed by atoms with Crippen LogP contribution in [-0.2, 0) is 11.2 Å². The molecule has 0 aliphatic heterocycles. The van der Waals surface area contributed by atoms with Crippen LogP contribution in [-0.4, -0.2) is 19.9 Å². The van der Waals surface area contributed by atoms with Crippen molar-refractivity contribution in [1.82, 2.24) is 0 Å². The molecular weight excluding hydrogens is 234 g/mol. The topological polar surface area (TPSA) is 20.3 Å². The molecule has 2 nitrogen and oxygen atoms in total. The van der Waals surface area contributed by atoms with Gasteiger partial charge in [-0.15, -0.1) is 0 Å². The van der Waals surface area contributed by atoms with E-state index in [1.807, 2.05) is 26.2 Å². The van der Waals surface area contributed by atoms with Gasteiger partial charge < -0.3 is 4.90 Å². The van der Waals surface area contributed by atoms with Crippen molar-refractivity contribution in [3.05, 3.63) is 54.1 Å². The third kappa shape index (κ3) is 3.44. The van der Waals surface area contributed by atoms with Gasteiger partial charge in [-0.25, -0.2) is 0 Å². The fourth-order valence-electron chi connectivity index (χ4n) is 2.05. The molecule has 0 saturated heterocycles. The Balaban J connectivity index is 2.19. The molecule has 2 heteroatoms. The predicted octanol–water partition coefficient (Wildman–Crippen LogP) is 3.55. The van der Waals surface area contributed by atoms with Crippen molar-refractivity contribution < 1.29 is 4.79 Å². The van der Waals surface area contributed by atoms with Crippen molar-refractivity contribution in [2.45, 2.75) is 13.3 Å². The summed E-state index contributed by atoms with van der Waals surface area (Å²) in [4.78, 5) is 13.1. The van der Waals surface area contributed by atoms with Crippen LogP contribution in [0.2, 0.25) is 0 Å². The Bertz CT molecular complexity index is 553. The first-order valence-corrected chi connectivity index (χ1v) is 6.42. The molecule has 0 saturated carbocycles. The smallest absolute Gasteiger partial charge is 0.134 e. The van der Waals surface area contributed by atoms with E-state index in [0.29, 0.717) is 6.42 Å². The highest BCUT2D eigenvalue weighted by molar-refractivity contribution is 5.78. The van der Waals surface area contributed by atoms with Gasteiger partial charge in [-0.3, -0.25) is 4.79 Å². The lowest BCUT2D eigenvalue weighted by molar-refractivity contribution is -0.116. The minimum atomic E-state index is 0.197. The highest BCUT2D eigenvalue weighted by Gasteiger charge is 2.01. The molecule has 98 valence electrons. The van der Waals surface area contributed by atoms with Gasteiger partial charge in [0.15, 0.2) is 0 Å². The first kappa shape index (κ1) is 13.3. The molecule has 2 aromatic carbocycles. The molecule has 2 aromatic rings. The number of nitrogens with zero attached hydrogens (tertiary/aromatic N) is 1. The van der Waals surface area contributed by atoms with E-state index in [2.05, 4.69) is 41.3 Å². The van der Waals surface area contributed by atoms with Crippen molar-refractivity contribution in [2.24, 2.45) is 0 Å². The molecule has 0 aliphatic rings. The first-order valence-electron chi connectivity index (χ1n) is 6.42. The second-order valence-corrected chi connectivity index (χ2v) is 5.02. The van der Waals surface area contributed by atoms with Crippen molar-refractivity contribution in [1.29, 1.82) is 0 Å². The number of carbonyl (C=O) groups is 1. The Hall–Kier alpha value is -2.09. The van der Waals surface area contributed by atoms with E-state index in [9.17, 15) is 4.79 Å². The Morgan fingerprint density at radius 1 is 0.895 bits per heavy atom. The molecule has 0 aliphatic carbocycles. The number of hydrogen-bond donors (Lipinski definition) is 0. The Morgan fingerprint density at radius 2 is 1.37 bits per heavy atom. The Labute approximate surface area is 114 Å². The highest BCUT2D eigenvalue weighted by Crippen LogP contribution is 2.22. The summed E-state index contributed by atoms with van der Waals surface area (Å²) in [6, 6.07) is 16.7. The molecule has 19 heavy (non-hydrogen) atoms. The molecule has 0 unspecified atom stereocenters. The van der Waals surface area contributed by atoms with Gasteiger partial charge in [0, 0.05) is 26.2 Å². The summed E-state index contributed by atoms with van der Waals surface area (Å²) in [5, 5.41) is 0. The predicted molar refractivity (Wildman–Crippen MR) is 80.6 cm³/mol. The molecule has 0 amide bonds. The first-order chi connectivity index (χ1) is 9.06. The summed E-state index contributed by atoms with van der Waals surface area (Å²) >= 11 is 0. The maximum absolute atomic E-state index is 11.1. The van der Waals surface area contributed by atoms with Gasteiger partial charge in [0.2, 0.25) is 0 Å². The Kier molecular flexibility index (Phi) is 4.00. The second kappa shape index (κ2) is 5.70. The molecule has 0 spiro atoms. The molecular formula is C17H19NO. The van der Waals surface area contributed by atoms with Crippen LogP contribution in [0.3, 0.4) is 0 Å². The van der Waals surface area contributed by atoms with Crippen LogP contribution in [0, 0.1) is 0 Å². The summed E-state index contributed by atoms with van der Waals surface area (Å²) in [5.74, 6) is 0.197. The van der Waals surface area contributed by atoms with Crippen LogP contribution in [0.5, 0.6) is 0 Å². The molecule has 0 fully saturated rings.